The highest BCUT2D eigenvalue weighted by Gasteiger charge is 2.28. The summed E-state index contributed by atoms with van der Waals surface area (Å²) in [5, 5.41) is 7.23. The van der Waals surface area contributed by atoms with E-state index >= 15 is 0 Å². The summed E-state index contributed by atoms with van der Waals surface area (Å²) in [6.45, 7) is 4.15. The fourth-order valence-electron chi connectivity index (χ4n) is 3.74. The van der Waals surface area contributed by atoms with Gasteiger partial charge in [-0.15, -0.1) is 12.4 Å². The fourth-order valence-corrected chi connectivity index (χ4v) is 3.74. The molecular weight excluding hydrogens is 364 g/mol. The molecule has 2 aromatic rings. The van der Waals surface area contributed by atoms with Crippen molar-refractivity contribution in [1.29, 1.82) is 0 Å². The standard InChI is InChI=1S/C21H28N2O3.ClH/c1-14-7-5-6-8-16(14)17-13-22-10-9-18(17)23-15-11-19(24-2)21(26-4)20(12-15)25-3;/h5-8,11-12,17-18,22-23H,9-10,13H2,1-4H3;1H. The molecular formula is C21H29ClN2O3. The molecule has 148 valence electrons. The molecule has 0 saturated carbocycles. The van der Waals surface area contributed by atoms with E-state index < -0.39 is 0 Å². The second-order valence-electron chi connectivity index (χ2n) is 6.62. The molecule has 0 radical (unpaired) electrons. The summed E-state index contributed by atoms with van der Waals surface area (Å²) in [5.41, 5.74) is 3.70. The van der Waals surface area contributed by atoms with Crippen LogP contribution in [0.1, 0.15) is 23.5 Å². The van der Waals surface area contributed by atoms with Crippen LogP contribution in [0.5, 0.6) is 17.2 Å². The predicted octanol–water partition coefficient (Wildman–Crippen LogP) is 4.00. The van der Waals surface area contributed by atoms with E-state index in [4.69, 9.17) is 14.2 Å². The monoisotopic (exact) mass is 392 g/mol. The minimum absolute atomic E-state index is 0. The number of aryl methyl sites for hydroxylation is 1. The molecule has 27 heavy (non-hydrogen) atoms. The van der Waals surface area contributed by atoms with Crippen molar-refractivity contribution in [2.45, 2.75) is 25.3 Å². The summed E-state index contributed by atoms with van der Waals surface area (Å²) in [5.74, 6) is 2.34. The van der Waals surface area contributed by atoms with E-state index in [0.29, 0.717) is 29.2 Å². The second kappa shape index (κ2) is 9.72. The van der Waals surface area contributed by atoms with Crippen molar-refractivity contribution in [2.75, 3.05) is 39.7 Å². The zero-order valence-corrected chi connectivity index (χ0v) is 17.2. The van der Waals surface area contributed by atoms with Crippen LogP contribution in [0.4, 0.5) is 5.69 Å². The minimum Gasteiger partial charge on any atom is -0.493 e. The maximum Gasteiger partial charge on any atom is 0.203 e. The lowest BCUT2D eigenvalue weighted by molar-refractivity contribution is 0.324. The van der Waals surface area contributed by atoms with Crippen molar-refractivity contribution < 1.29 is 14.2 Å². The van der Waals surface area contributed by atoms with Crippen molar-refractivity contribution in [3.05, 3.63) is 47.5 Å². The molecule has 6 heteroatoms. The van der Waals surface area contributed by atoms with E-state index in [1.165, 1.54) is 11.1 Å². The predicted molar refractivity (Wildman–Crippen MR) is 112 cm³/mol. The summed E-state index contributed by atoms with van der Waals surface area (Å²) in [4.78, 5) is 0. The number of benzene rings is 2. The molecule has 2 atom stereocenters. The molecule has 2 aromatic carbocycles. The lowest BCUT2D eigenvalue weighted by Gasteiger charge is -2.35. The number of anilines is 1. The van der Waals surface area contributed by atoms with Crippen molar-refractivity contribution in [2.24, 2.45) is 0 Å². The Balaban J connectivity index is 0.00000261. The molecule has 0 amide bonds. The Morgan fingerprint density at radius 2 is 1.67 bits per heavy atom. The largest absolute Gasteiger partial charge is 0.493 e. The number of nitrogens with one attached hydrogen (secondary N) is 2. The van der Waals surface area contributed by atoms with Crippen molar-refractivity contribution in [3.8, 4) is 17.2 Å². The lowest BCUT2D eigenvalue weighted by Crippen LogP contribution is -2.42. The first kappa shape index (κ1) is 21.2. The first-order valence-corrected chi connectivity index (χ1v) is 9.00. The van der Waals surface area contributed by atoms with Gasteiger partial charge in [0.05, 0.1) is 21.3 Å². The van der Waals surface area contributed by atoms with Crippen LogP contribution >= 0.6 is 12.4 Å². The Labute approximate surface area is 167 Å². The van der Waals surface area contributed by atoms with Crippen molar-refractivity contribution in [3.63, 3.8) is 0 Å². The molecule has 0 bridgehead atoms. The number of methoxy groups -OCH3 is 3. The summed E-state index contributed by atoms with van der Waals surface area (Å²) >= 11 is 0. The number of ether oxygens (including phenoxy) is 3. The molecule has 0 aliphatic carbocycles. The number of hydrogen-bond donors (Lipinski definition) is 2. The summed E-state index contributed by atoms with van der Waals surface area (Å²) in [7, 11) is 4.90. The molecule has 1 fully saturated rings. The first-order chi connectivity index (χ1) is 12.7. The Morgan fingerprint density at radius 1 is 1.00 bits per heavy atom. The van der Waals surface area contributed by atoms with E-state index in [9.17, 15) is 0 Å². The molecule has 1 aliphatic rings. The van der Waals surface area contributed by atoms with Crippen LogP contribution in [-0.2, 0) is 0 Å². The molecule has 1 aliphatic heterocycles. The Bertz CT molecular complexity index is 729. The Kier molecular flexibility index (Phi) is 7.63. The van der Waals surface area contributed by atoms with Crippen molar-refractivity contribution in [1.82, 2.24) is 5.32 Å². The van der Waals surface area contributed by atoms with E-state index in [1.807, 2.05) is 12.1 Å². The topological polar surface area (TPSA) is 51.8 Å². The van der Waals surface area contributed by atoms with E-state index in [0.717, 1.165) is 25.2 Å². The first-order valence-electron chi connectivity index (χ1n) is 9.00. The molecule has 5 nitrogen and oxygen atoms in total. The summed E-state index contributed by atoms with van der Waals surface area (Å²) in [6, 6.07) is 12.9. The van der Waals surface area contributed by atoms with Gasteiger partial charge in [-0.25, -0.2) is 0 Å². The zero-order valence-electron chi connectivity index (χ0n) is 16.4. The normalized spacial score (nSPS) is 19.0. The van der Waals surface area contributed by atoms with Crippen LogP contribution in [0.3, 0.4) is 0 Å². The molecule has 0 aromatic heterocycles. The molecule has 1 heterocycles. The molecule has 3 rings (SSSR count). The average Bonchev–Trinajstić information content (AvgIpc) is 2.68. The summed E-state index contributed by atoms with van der Waals surface area (Å²) < 4.78 is 16.4. The van der Waals surface area contributed by atoms with Gasteiger partial charge in [0.2, 0.25) is 5.75 Å². The number of rotatable bonds is 6. The third-order valence-corrected chi connectivity index (χ3v) is 5.09. The molecule has 2 unspecified atom stereocenters. The lowest BCUT2D eigenvalue weighted by atomic mass is 9.84. The van der Waals surface area contributed by atoms with Crippen LogP contribution in [0.2, 0.25) is 0 Å². The van der Waals surface area contributed by atoms with Crippen LogP contribution in [-0.4, -0.2) is 40.5 Å². The van der Waals surface area contributed by atoms with E-state index in [1.54, 1.807) is 21.3 Å². The molecule has 0 spiro atoms. The van der Waals surface area contributed by atoms with Gasteiger partial charge in [0.25, 0.3) is 0 Å². The van der Waals surface area contributed by atoms with Gasteiger partial charge in [-0.05, 0) is 31.0 Å². The van der Waals surface area contributed by atoms with Gasteiger partial charge in [-0.3, -0.25) is 0 Å². The highest BCUT2D eigenvalue weighted by Crippen LogP contribution is 2.41. The molecule has 2 N–H and O–H groups in total. The third kappa shape index (κ3) is 4.60. The fraction of sp³-hybridized carbons (Fsp3) is 0.429. The van der Waals surface area contributed by atoms with Gasteiger partial charge in [0, 0.05) is 36.3 Å². The smallest absolute Gasteiger partial charge is 0.203 e. The van der Waals surface area contributed by atoms with Gasteiger partial charge in [0.15, 0.2) is 11.5 Å². The maximum absolute atomic E-state index is 5.48. The Morgan fingerprint density at radius 3 is 2.26 bits per heavy atom. The van der Waals surface area contributed by atoms with Gasteiger partial charge in [0.1, 0.15) is 0 Å². The average molecular weight is 393 g/mol. The quantitative estimate of drug-likeness (QED) is 0.778. The molecule has 1 saturated heterocycles. The number of piperidine rings is 1. The highest BCUT2D eigenvalue weighted by atomic mass is 35.5. The maximum atomic E-state index is 5.48. The second-order valence-corrected chi connectivity index (χ2v) is 6.62. The van der Waals surface area contributed by atoms with Crippen molar-refractivity contribution >= 4 is 18.1 Å². The van der Waals surface area contributed by atoms with Crippen LogP contribution in [0.15, 0.2) is 36.4 Å². The van der Waals surface area contributed by atoms with E-state index in [-0.39, 0.29) is 12.4 Å². The minimum atomic E-state index is 0. The van der Waals surface area contributed by atoms with E-state index in [2.05, 4.69) is 41.8 Å². The SMILES string of the molecule is COc1cc(NC2CCNCC2c2ccccc2C)cc(OC)c1OC.Cl. The van der Waals surface area contributed by atoms with Gasteiger partial charge < -0.3 is 24.8 Å². The van der Waals surface area contributed by atoms with Gasteiger partial charge in [-0.1, -0.05) is 24.3 Å². The van der Waals surface area contributed by atoms with Crippen LogP contribution in [0, 0.1) is 6.92 Å². The van der Waals surface area contributed by atoms with Crippen LogP contribution < -0.4 is 24.8 Å². The van der Waals surface area contributed by atoms with Crippen LogP contribution in [0.25, 0.3) is 0 Å². The van der Waals surface area contributed by atoms with Gasteiger partial charge in [-0.2, -0.15) is 0 Å². The van der Waals surface area contributed by atoms with Gasteiger partial charge >= 0.3 is 0 Å². The number of hydrogen-bond acceptors (Lipinski definition) is 5. The zero-order chi connectivity index (χ0) is 18.5. The summed E-state index contributed by atoms with van der Waals surface area (Å²) in [6.07, 6.45) is 1.05. The highest BCUT2D eigenvalue weighted by molar-refractivity contribution is 5.85. The third-order valence-electron chi connectivity index (χ3n) is 5.09. The Hall–Kier alpha value is -2.11. The number of halogens is 1.